The summed E-state index contributed by atoms with van der Waals surface area (Å²) in [6.45, 7) is 5.70. The standard InChI is InChI=1S/C13H24N4/c1-10(2)11-4-3-5-12(8-11)14-7-6-13-15-9-16-17-13/h9-12,14H,3-8H2,1-2H3,(H,15,16,17). The van der Waals surface area contributed by atoms with Crippen molar-refractivity contribution in [3.63, 3.8) is 0 Å². The van der Waals surface area contributed by atoms with Gasteiger partial charge in [-0.3, -0.25) is 5.10 Å². The highest BCUT2D eigenvalue weighted by Gasteiger charge is 2.23. The highest BCUT2D eigenvalue weighted by atomic mass is 15.2. The van der Waals surface area contributed by atoms with E-state index in [2.05, 4.69) is 34.3 Å². The second-order valence-electron chi connectivity index (χ2n) is 5.50. The minimum Gasteiger partial charge on any atom is -0.314 e. The van der Waals surface area contributed by atoms with E-state index >= 15 is 0 Å². The zero-order valence-electron chi connectivity index (χ0n) is 10.9. The van der Waals surface area contributed by atoms with Crippen molar-refractivity contribution in [2.45, 2.75) is 52.0 Å². The first kappa shape index (κ1) is 12.6. The van der Waals surface area contributed by atoms with E-state index in [4.69, 9.17) is 0 Å². The SMILES string of the molecule is CC(C)C1CCCC(NCCc2ncn[nH]2)C1. The lowest BCUT2D eigenvalue weighted by Gasteiger charge is -2.32. The molecule has 4 nitrogen and oxygen atoms in total. The molecule has 0 aliphatic heterocycles. The van der Waals surface area contributed by atoms with Gasteiger partial charge in [0, 0.05) is 19.0 Å². The van der Waals surface area contributed by atoms with Gasteiger partial charge in [-0.1, -0.05) is 26.7 Å². The lowest BCUT2D eigenvalue weighted by molar-refractivity contribution is 0.232. The predicted molar refractivity (Wildman–Crippen MR) is 68.7 cm³/mol. The van der Waals surface area contributed by atoms with Crippen LogP contribution >= 0.6 is 0 Å². The summed E-state index contributed by atoms with van der Waals surface area (Å²) in [5.74, 6) is 2.72. The van der Waals surface area contributed by atoms with Crippen LogP contribution in [0.1, 0.15) is 45.4 Å². The quantitative estimate of drug-likeness (QED) is 0.823. The molecule has 1 aromatic rings. The molecule has 1 aliphatic carbocycles. The summed E-state index contributed by atoms with van der Waals surface area (Å²) in [7, 11) is 0. The van der Waals surface area contributed by atoms with Gasteiger partial charge in [-0.05, 0) is 24.7 Å². The third-order valence-corrected chi connectivity index (χ3v) is 3.92. The van der Waals surface area contributed by atoms with Gasteiger partial charge in [0.15, 0.2) is 0 Å². The van der Waals surface area contributed by atoms with E-state index in [0.717, 1.165) is 30.6 Å². The van der Waals surface area contributed by atoms with Crippen LogP contribution in [0.15, 0.2) is 6.33 Å². The minimum absolute atomic E-state index is 0.707. The van der Waals surface area contributed by atoms with Crippen LogP contribution in [0, 0.1) is 11.8 Å². The summed E-state index contributed by atoms with van der Waals surface area (Å²) in [4.78, 5) is 4.14. The number of aromatic nitrogens is 3. The van der Waals surface area contributed by atoms with E-state index in [1.54, 1.807) is 6.33 Å². The average molecular weight is 236 g/mol. The lowest BCUT2D eigenvalue weighted by atomic mass is 9.79. The number of nitrogens with zero attached hydrogens (tertiary/aromatic N) is 2. The fourth-order valence-corrected chi connectivity index (χ4v) is 2.76. The molecule has 0 saturated heterocycles. The van der Waals surface area contributed by atoms with Crippen LogP contribution in [-0.2, 0) is 6.42 Å². The Morgan fingerprint density at radius 1 is 1.47 bits per heavy atom. The molecule has 1 aromatic heterocycles. The number of aromatic amines is 1. The smallest absolute Gasteiger partial charge is 0.137 e. The maximum atomic E-state index is 4.14. The molecule has 2 unspecified atom stereocenters. The molecule has 17 heavy (non-hydrogen) atoms. The molecule has 1 aliphatic rings. The van der Waals surface area contributed by atoms with Crippen LogP contribution in [0.25, 0.3) is 0 Å². The van der Waals surface area contributed by atoms with Gasteiger partial charge in [-0.15, -0.1) is 0 Å². The Bertz CT molecular complexity index is 307. The summed E-state index contributed by atoms with van der Waals surface area (Å²) in [6, 6.07) is 0.707. The van der Waals surface area contributed by atoms with Crippen molar-refractivity contribution in [1.29, 1.82) is 0 Å². The van der Waals surface area contributed by atoms with Gasteiger partial charge in [0.25, 0.3) is 0 Å². The summed E-state index contributed by atoms with van der Waals surface area (Å²) >= 11 is 0. The molecule has 1 heterocycles. The van der Waals surface area contributed by atoms with E-state index in [9.17, 15) is 0 Å². The van der Waals surface area contributed by atoms with E-state index in [-0.39, 0.29) is 0 Å². The summed E-state index contributed by atoms with van der Waals surface area (Å²) < 4.78 is 0. The zero-order chi connectivity index (χ0) is 12.1. The van der Waals surface area contributed by atoms with E-state index in [0.29, 0.717) is 6.04 Å². The monoisotopic (exact) mass is 236 g/mol. The van der Waals surface area contributed by atoms with Crippen molar-refractivity contribution in [2.75, 3.05) is 6.54 Å². The second kappa shape index (κ2) is 6.15. The first-order valence-electron chi connectivity index (χ1n) is 6.83. The first-order chi connectivity index (χ1) is 8.25. The molecule has 0 bridgehead atoms. The molecular weight excluding hydrogens is 212 g/mol. The Morgan fingerprint density at radius 2 is 2.35 bits per heavy atom. The Balaban J connectivity index is 1.68. The van der Waals surface area contributed by atoms with E-state index in [1.165, 1.54) is 25.7 Å². The lowest BCUT2D eigenvalue weighted by Crippen LogP contribution is -2.36. The van der Waals surface area contributed by atoms with E-state index in [1.807, 2.05) is 0 Å². The maximum Gasteiger partial charge on any atom is 0.137 e. The van der Waals surface area contributed by atoms with Crippen LogP contribution in [0.5, 0.6) is 0 Å². The highest BCUT2D eigenvalue weighted by Crippen LogP contribution is 2.29. The fraction of sp³-hybridized carbons (Fsp3) is 0.846. The van der Waals surface area contributed by atoms with Crippen molar-refractivity contribution in [3.05, 3.63) is 12.2 Å². The Kier molecular flexibility index (Phi) is 4.54. The van der Waals surface area contributed by atoms with Gasteiger partial charge in [0.2, 0.25) is 0 Å². The Hall–Kier alpha value is -0.900. The van der Waals surface area contributed by atoms with Crippen molar-refractivity contribution in [1.82, 2.24) is 20.5 Å². The van der Waals surface area contributed by atoms with Crippen LogP contribution in [0.3, 0.4) is 0 Å². The van der Waals surface area contributed by atoms with Crippen LogP contribution in [-0.4, -0.2) is 27.8 Å². The summed E-state index contributed by atoms with van der Waals surface area (Å²) in [5.41, 5.74) is 0. The third kappa shape index (κ3) is 3.80. The number of rotatable bonds is 5. The van der Waals surface area contributed by atoms with Gasteiger partial charge in [0.05, 0.1) is 0 Å². The Labute approximate surface area is 104 Å². The average Bonchev–Trinajstić information content (AvgIpc) is 2.82. The molecule has 4 heteroatoms. The maximum absolute atomic E-state index is 4.14. The fourth-order valence-electron chi connectivity index (χ4n) is 2.76. The van der Waals surface area contributed by atoms with Gasteiger partial charge < -0.3 is 5.32 Å². The largest absolute Gasteiger partial charge is 0.314 e. The van der Waals surface area contributed by atoms with Crippen LogP contribution < -0.4 is 5.32 Å². The molecule has 1 saturated carbocycles. The number of nitrogens with one attached hydrogen (secondary N) is 2. The molecule has 0 aromatic carbocycles. The number of H-pyrrole nitrogens is 1. The number of hydrogen-bond donors (Lipinski definition) is 2. The molecular formula is C13H24N4. The first-order valence-corrected chi connectivity index (χ1v) is 6.83. The minimum atomic E-state index is 0.707. The topological polar surface area (TPSA) is 53.6 Å². The molecule has 0 amide bonds. The molecule has 0 spiro atoms. The van der Waals surface area contributed by atoms with Crippen molar-refractivity contribution >= 4 is 0 Å². The van der Waals surface area contributed by atoms with Gasteiger partial charge in [-0.25, -0.2) is 4.98 Å². The van der Waals surface area contributed by atoms with Gasteiger partial charge in [0.1, 0.15) is 12.2 Å². The van der Waals surface area contributed by atoms with Gasteiger partial charge >= 0.3 is 0 Å². The zero-order valence-corrected chi connectivity index (χ0v) is 10.9. The summed E-state index contributed by atoms with van der Waals surface area (Å²) in [6.07, 6.45) is 7.99. The molecule has 0 radical (unpaired) electrons. The van der Waals surface area contributed by atoms with Gasteiger partial charge in [-0.2, -0.15) is 5.10 Å². The molecule has 2 N–H and O–H groups in total. The Morgan fingerprint density at radius 3 is 3.06 bits per heavy atom. The highest BCUT2D eigenvalue weighted by molar-refractivity contribution is 4.84. The van der Waals surface area contributed by atoms with Crippen molar-refractivity contribution in [3.8, 4) is 0 Å². The van der Waals surface area contributed by atoms with E-state index < -0.39 is 0 Å². The molecule has 2 rings (SSSR count). The van der Waals surface area contributed by atoms with Crippen molar-refractivity contribution in [2.24, 2.45) is 11.8 Å². The van der Waals surface area contributed by atoms with Crippen LogP contribution in [0.4, 0.5) is 0 Å². The predicted octanol–water partition coefficient (Wildman–Crippen LogP) is 2.15. The van der Waals surface area contributed by atoms with Crippen molar-refractivity contribution < 1.29 is 0 Å². The molecule has 96 valence electrons. The molecule has 2 atom stereocenters. The van der Waals surface area contributed by atoms with Crippen LogP contribution in [0.2, 0.25) is 0 Å². The third-order valence-electron chi connectivity index (χ3n) is 3.92. The normalized spacial score (nSPS) is 25.4. The molecule has 1 fully saturated rings. The summed E-state index contributed by atoms with van der Waals surface area (Å²) in [5, 5.41) is 10.4. The number of hydrogen-bond acceptors (Lipinski definition) is 3. The second-order valence-corrected chi connectivity index (χ2v) is 5.50.